The number of nitrogens with zero attached hydrogens (tertiary/aromatic N) is 1. The maximum atomic E-state index is 13.7. The number of non-ortho nitro benzene ring substituents is 1. The van der Waals surface area contributed by atoms with Crippen LogP contribution in [0.1, 0.15) is 37.3 Å². The topological polar surface area (TPSA) is 117 Å². The first-order valence-electron chi connectivity index (χ1n) is 11.7. The number of carbonyl (C=O) groups excluding carboxylic acids is 2. The van der Waals surface area contributed by atoms with E-state index in [0.717, 1.165) is 5.56 Å². The number of methoxy groups -OCH3 is 2. The van der Waals surface area contributed by atoms with Crippen LogP contribution in [-0.4, -0.2) is 43.8 Å². The number of benzene rings is 2. The minimum absolute atomic E-state index is 0.160. The van der Waals surface area contributed by atoms with E-state index >= 15 is 0 Å². The number of allylic oxidation sites excluding steroid dienone is 2. The fraction of sp³-hybridized carbons (Fsp3) is 0.286. The molecule has 0 aliphatic carbocycles. The maximum absolute atomic E-state index is 13.7. The minimum Gasteiger partial charge on any atom is -0.466 e. The number of nitro benzene ring substituents is 1. The van der Waals surface area contributed by atoms with Crippen molar-refractivity contribution < 1.29 is 28.7 Å². The Hall–Kier alpha value is -4.24. The van der Waals surface area contributed by atoms with Crippen LogP contribution in [-0.2, 0) is 23.8 Å². The maximum Gasteiger partial charge on any atom is 0.337 e. The van der Waals surface area contributed by atoms with Crippen molar-refractivity contribution in [1.29, 1.82) is 0 Å². The van der Waals surface area contributed by atoms with Crippen LogP contribution in [0.3, 0.4) is 0 Å². The van der Waals surface area contributed by atoms with Crippen molar-refractivity contribution in [2.45, 2.75) is 32.3 Å². The van der Waals surface area contributed by atoms with E-state index in [1.165, 1.54) is 25.3 Å². The Morgan fingerprint density at radius 1 is 1.03 bits per heavy atom. The van der Waals surface area contributed by atoms with Crippen LogP contribution in [0.15, 0.2) is 83.2 Å². The largest absolute Gasteiger partial charge is 0.466 e. The van der Waals surface area contributed by atoms with Gasteiger partial charge in [-0.25, -0.2) is 9.59 Å². The molecule has 0 spiro atoms. The standard InChI is InChI=1S/C28H30N2O7/c1-18-24(27(31)36-4)26(21-11-8-12-22(17-21)30(33)34)25(19(2)29-18)28(32)37-23(15-16-35-3)14-13-20-9-6-5-7-10-20/h5-14,17,23,26,29H,15-16H2,1-4H3. The third-order valence-electron chi connectivity index (χ3n) is 5.97. The van der Waals surface area contributed by atoms with Gasteiger partial charge in [-0.05, 0) is 31.1 Å². The number of ether oxygens (including phenoxy) is 3. The summed E-state index contributed by atoms with van der Waals surface area (Å²) >= 11 is 0. The molecule has 0 saturated carbocycles. The summed E-state index contributed by atoms with van der Waals surface area (Å²) in [6, 6.07) is 15.4. The second-order valence-corrected chi connectivity index (χ2v) is 8.47. The first-order chi connectivity index (χ1) is 17.8. The monoisotopic (exact) mass is 506 g/mol. The minimum atomic E-state index is -0.928. The summed E-state index contributed by atoms with van der Waals surface area (Å²) < 4.78 is 16.1. The number of nitrogens with one attached hydrogen (secondary N) is 1. The molecule has 0 bridgehead atoms. The second kappa shape index (κ2) is 12.6. The predicted molar refractivity (Wildman–Crippen MR) is 138 cm³/mol. The number of esters is 2. The molecular formula is C28H30N2O7. The molecule has 2 atom stereocenters. The third kappa shape index (κ3) is 6.71. The Morgan fingerprint density at radius 2 is 1.70 bits per heavy atom. The van der Waals surface area contributed by atoms with E-state index in [0.29, 0.717) is 30.0 Å². The number of hydrogen-bond donors (Lipinski definition) is 1. The van der Waals surface area contributed by atoms with Crippen LogP contribution >= 0.6 is 0 Å². The highest BCUT2D eigenvalue weighted by molar-refractivity contribution is 6.00. The van der Waals surface area contributed by atoms with Crippen LogP contribution in [0.4, 0.5) is 5.69 Å². The lowest BCUT2D eigenvalue weighted by atomic mass is 9.80. The van der Waals surface area contributed by atoms with Gasteiger partial charge < -0.3 is 19.5 Å². The summed E-state index contributed by atoms with van der Waals surface area (Å²) in [6.45, 7) is 3.74. The molecule has 1 heterocycles. The molecule has 0 radical (unpaired) electrons. The molecule has 37 heavy (non-hydrogen) atoms. The molecule has 0 aromatic heterocycles. The molecular weight excluding hydrogens is 476 g/mol. The molecule has 0 amide bonds. The summed E-state index contributed by atoms with van der Waals surface area (Å²) in [7, 11) is 2.80. The molecule has 1 N–H and O–H groups in total. The van der Waals surface area contributed by atoms with Crippen LogP contribution in [0, 0.1) is 10.1 Å². The van der Waals surface area contributed by atoms with E-state index in [4.69, 9.17) is 14.2 Å². The van der Waals surface area contributed by atoms with E-state index in [9.17, 15) is 19.7 Å². The number of rotatable bonds is 10. The highest BCUT2D eigenvalue weighted by atomic mass is 16.6. The summed E-state index contributed by atoms with van der Waals surface area (Å²) in [5.41, 5.74) is 2.48. The predicted octanol–water partition coefficient (Wildman–Crippen LogP) is 4.66. The first-order valence-corrected chi connectivity index (χ1v) is 11.7. The molecule has 9 nitrogen and oxygen atoms in total. The Labute approximate surface area is 215 Å². The number of nitro groups is 1. The number of dihydropyridines is 1. The van der Waals surface area contributed by atoms with Crippen molar-refractivity contribution >= 4 is 23.7 Å². The average Bonchev–Trinajstić information content (AvgIpc) is 2.89. The van der Waals surface area contributed by atoms with Crippen LogP contribution in [0.2, 0.25) is 0 Å². The molecule has 0 fully saturated rings. The molecule has 9 heteroatoms. The Kier molecular flexibility index (Phi) is 9.34. The molecule has 3 rings (SSSR count). The SMILES string of the molecule is COCCC(C=Cc1ccccc1)OC(=O)C1=C(C)NC(C)=C(C(=O)OC)C1c1cccc([N+](=O)[O-])c1. The summed E-state index contributed by atoms with van der Waals surface area (Å²) in [4.78, 5) is 37.4. The van der Waals surface area contributed by atoms with Crippen LogP contribution < -0.4 is 5.32 Å². The first kappa shape index (κ1) is 27.3. The van der Waals surface area contributed by atoms with Crippen molar-refractivity contribution in [3.63, 3.8) is 0 Å². The van der Waals surface area contributed by atoms with Crippen LogP contribution in [0.5, 0.6) is 0 Å². The van der Waals surface area contributed by atoms with Gasteiger partial charge >= 0.3 is 11.9 Å². The highest BCUT2D eigenvalue weighted by Crippen LogP contribution is 2.40. The van der Waals surface area contributed by atoms with E-state index < -0.39 is 28.9 Å². The van der Waals surface area contributed by atoms with Crippen molar-refractivity contribution in [3.8, 4) is 0 Å². The lowest BCUT2D eigenvalue weighted by Gasteiger charge is -2.30. The zero-order chi connectivity index (χ0) is 26.9. The van der Waals surface area contributed by atoms with E-state index in [1.807, 2.05) is 36.4 Å². The Balaban J connectivity index is 2.02. The Morgan fingerprint density at radius 3 is 2.32 bits per heavy atom. The quantitative estimate of drug-likeness (QED) is 0.281. The van der Waals surface area contributed by atoms with Gasteiger partial charge in [0.15, 0.2) is 0 Å². The number of carbonyl (C=O) groups is 2. The lowest BCUT2D eigenvalue weighted by Crippen LogP contribution is -2.33. The lowest BCUT2D eigenvalue weighted by molar-refractivity contribution is -0.384. The second-order valence-electron chi connectivity index (χ2n) is 8.47. The molecule has 2 unspecified atom stereocenters. The van der Waals surface area contributed by atoms with Gasteiger partial charge in [0.2, 0.25) is 0 Å². The zero-order valence-corrected chi connectivity index (χ0v) is 21.2. The van der Waals surface area contributed by atoms with Gasteiger partial charge in [-0.1, -0.05) is 48.5 Å². The van der Waals surface area contributed by atoms with Crippen molar-refractivity contribution in [1.82, 2.24) is 5.32 Å². The van der Waals surface area contributed by atoms with E-state index in [1.54, 1.807) is 33.1 Å². The van der Waals surface area contributed by atoms with Gasteiger partial charge in [0.05, 0.1) is 35.7 Å². The normalized spacial score (nSPS) is 16.4. The van der Waals surface area contributed by atoms with Gasteiger partial charge in [-0.2, -0.15) is 0 Å². The molecule has 1 aliphatic heterocycles. The molecule has 2 aromatic carbocycles. The van der Waals surface area contributed by atoms with Gasteiger partial charge in [0.25, 0.3) is 5.69 Å². The average molecular weight is 507 g/mol. The molecule has 194 valence electrons. The van der Waals surface area contributed by atoms with Gasteiger partial charge in [0, 0.05) is 37.1 Å². The number of hydrogen-bond acceptors (Lipinski definition) is 8. The zero-order valence-electron chi connectivity index (χ0n) is 21.2. The van der Waals surface area contributed by atoms with Gasteiger partial charge in [-0.15, -0.1) is 0 Å². The summed E-state index contributed by atoms with van der Waals surface area (Å²) in [5, 5.41) is 14.5. The third-order valence-corrected chi connectivity index (χ3v) is 5.97. The van der Waals surface area contributed by atoms with Crippen molar-refractivity contribution in [2.75, 3.05) is 20.8 Å². The fourth-order valence-electron chi connectivity index (χ4n) is 4.21. The van der Waals surface area contributed by atoms with Gasteiger partial charge in [0.1, 0.15) is 6.10 Å². The highest BCUT2D eigenvalue weighted by Gasteiger charge is 2.38. The smallest absolute Gasteiger partial charge is 0.337 e. The van der Waals surface area contributed by atoms with E-state index in [2.05, 4.69) is 5.32 Å². The van der Waals surface area contributed by atoms with Crippen LogP contribution in [0.25, 0.3) is 6.08 Å². The molecule has 1 aliphatic rings. The molecule has 0 saturated heterocycles. The Bertz CT molecular complexity index is 1250. The molecule has 2 aromatic rings. The van der Waals surface area contributed by atoms with Crippen molar-refractivity contribution in [3.05, 3.63) is 104 Å². The summed E-state index contributed by atoms with van der Waals surface area (Å²) in [6.07, 6.45) is 3.43. The van der Waals surface area contributed by atoms with Gasteiger partial charge in [-0.3, -0.25) is 10.1 Å². The van der Waals surface area contributed by atoms with E-state index in [-0.39, 0.29) is 16.8 Å². The fourth-order valence-corrected chi connectivity index (χ4v) is 4.21. The summed E-state index contributed by atoms with van der Waals surface area (Å²) in [5.74, 6) is -2.24. The van der Waals surface area contributed by atoms with Crippen molar-refractivity contribution in [2.24, 2.45) is 0 Å².